The van der Waals surface area contributed by atoms with Crippen LogP contribution in [0.25, 0.3) is 0 Å². The molecule has 2 saturated heterocycles. The number of methoxy groups -OCH3 is 1. The first-order chi connectivity index (χ1) is 15.2. The number of thioether (sulfide) groups is 1. The van der Waals surface area contributed by atoms with E-state index >= 15 is 0 Å². The standard InChI is InChI=1S/C20H33N5O6S/c1-12(2)11-14(21-20(29)30-4)17(27)22-15(13-5-8-31-9-6-13)16(26)18(28)23-24-19-25(3)7-10-32-19/h12-15H,5-11H2,1-4H3,(H,21,29)(H,22,27)(H,23,28)/t14-,15?/m0/s1. The number of hydrazone groups is 1. The first-order valence-corrected chi connectivity index (χ1v) is 11.7. The number of Topliss-reactive ketones (excluding diaryl/α,β-unsaturated/α-hetero) is 1. The lowest BCUT2D eigenvalue weighted by Crippen LogP contribution is -2.56. The van der Waals surface area contributed by atoms with E-state index in [9.17, 15) is 19.2 Å². The number of nitrogens with one attached hydrogen (secondary N) is 3. The molecule has 0 aromatic heterocycles. The fraction of sp³-hybridized carbons (Fsp3) is 0.750. The number of carbonyl (C=O) groups excluding carboxylic acids is 4. The minimum Gasteiger partial charge on any atom is -0.453 e. The van der Waals surface area contributed by atoms with Gasteiger partial charge in [-0.05, 0) is 31.1 Å². The van der Waals surface area contributed by atoms with Crippen LogP contribution in [0.2, 0.25) is 0 Å². The quantitative estimate of drug-likeness (QED) is 0.322. The number of ketones is 1. The molecule has 180 valence electrons. The van der Waals surface area contributed by atoms with E-state index in [4.69, 9.17) is 4.74 Å². The monoisotopic (exact) mass is 471 g/mol. The highest BCUT2D eigenvalue weighted by atomic mass is 32.2. The second-order valence-corrected chi connectivity index (χ2v) is 9.29. The smallest absolute Gasteiger partial charge is 0.407 e. The van der Waals surface area contributed by atoms with Gasteiger partial charge in [0.05, 0.1) is 7.11 Å². The highest BCUT2D eigenvalue weighted by molar-refractivity contribution is 8.14. The zero-order chi connectivity index (χ0) is 23.7. The number of carbonyl (C=O) groups is 4. The average molecular weight is 472 g/mol. The topological polar surface area (TPSA) is 138 Å². The lowest BCUT2D eigenvalue weighted by molar-refractivity contribution is -0.141. The molecule has 0 aromatic carbocycles. The third-order valence-corrected chi connectivity index (χ3v) is 6.33. The summed E-state index contributed by atoms with van der Waals surface area (Å²) in [6, 6.07) is -1.95. The lowest BCUT2D eigenvalue weighted by atomic mass is 9.88. The maximum Gasteiger partial charge on any atom is 0.407 e. The minimum atomic E-state index is -1.05. The molecule has 0 radical (unpaired) electrons. The van der Waals surface area contributed by atoms with E-state index in [0.29, 0.717) is 37.6 Å². The molecule has 0 saturated carbocycles. The van der Waals surface area contributed by atoms with Gasteiger partial charge in [-0.15, -0.1) is 5.10 Å². The summed E-state index contributed by atoms with van der Waals surface area (Å²) >= 11 is 1.48. The molecule has 2 heterocycles. The Morgan fingerprint density at radius 1 is 1.22 bits per heavy atom. The molecule has 12 heteroatoms. The number of nitrogens with zero attached hydrogens (tertiary/aromatic N) is 2. The number of rotatable bonds is 9. The van der Waals surface area contributed by atoms with Gasteiger partial charge in [0.15, 0.2) is 5.17 Å². The normalized spacial score (nSPS) is 20.0. The number of hydrogen-bond donors (Lipinski definition) is 3. The Morgan fingerprint density at radius 3 is 2.47 bits per heavy atom. The van der Waals surface area contributed by atoms with E-state index in [-0.39, 0.29) is 11.8 Å². The van der Waals surface area contributed by atoms with Crippen LogP contribution in [0.1, 0.15) is 33.1 Å². The molecule has 1 unspecified atom stereocenters. The molecule has 0 aliphatic carbocycles. The van der Waals surface area contributed by atoms with Crippen LogP contribution >= 0.6 is 11.8 Å². The van der Waals surface area contributed by atoms with E-state index < -0.39 is 35.8 Å². The molecule has 0 aromatic rings. The molecule has 2 atom stereocenters. The molecular formula is C20H33N5O6S. The summed E-state index contributed by atoms with van der Waals surface area (Å²) in [7, 11) is 3.06. The third kappa shape index (κ3) is 7.66. The van der Waals surface area contributed by atoms with Crippen molar-refractivity contribution < 1.29 is 28.7 Å². The molecule has 2 aliphatic heterocycles. The van der Waals surface area contributed by atoms with Crippen LogP contribution in [-0.4, -0.2) is 85.5 Å². The molecule has 2 fully saturated rings. The highest BCUT2D eigenvalue weighted by Gasteiger charge is 2.37. The van der Waals surface area contributed by atoms with Crippen molar-refractivity contribution in [3.63, 3.8) is 0 Å². The summed E-state index contributed by atoms with van der Waals surface area (Å²) in [6.45, 7) is 5.49. The summed E-state index contributed by atoms with van der Waals surface area (Å²) in [5.41, 5.74) is 2.32. The van der Waals surface area contributed by atoms with Gasteiger partial charge in [-0.2, -0.15) is 0 Å². The Hall–Kier alpha value is -2.34. The Morgan fingerprint density at radius 2 is 1.91 bits per heavy atom. The van der Waals surface area contributed by atoms with Gasteiger partial charge in [0.25, 0.3) is 0 Å². The first kappa shape index (κ1) is 25.9. The fourth-order valence-corrected chi connectivity index (χ4v) is 4.47. The average Bonchev–Trinajstić information content (AvgIpc) is 3.19. The molecule has 0 bridgehead atoms. The Kier molecular flexibility index (Phi) is 10.2. The summed E-state index contributed by atoms with van der Waals surface area (Å²) in [6.07, 6.45) is 0.651. The maximum absolute atomic E-state index is 13.0. The molecule has 0 spiro atoms. The number of amides is 3. The van der Waals surface area contributed by atoms with Crippen LogP contribution in [0.5, 0.6) is 0 Å². The second kappa shape index (κ2) is 12.6. The van der Waals surface area contributed by atoms with E-state index in [1.165, 1.54) is 18.9 Å². The Balaban J connectivity index is 2.14. The van der Waals surface area contributed by atoms with Gasteiger partial charge in [0, 0.05) is 32.6 Å². The lowest BCUT2D eigenvalue weighted by Gasteiger charge is -2.31. The van der Waals surface area contributed by atoms with Crippen molar-refractivity contribution in [2.24, 2.45) is 16.9 Å². The van der Waals surface area contributed by atoms with Crippen LogP contribution in [0.15, 0.2) is 5.10 Å². The van der Waals surface area contributed by atoms with Crippen molar-refractivity contribution in [2.75, 3.05) is 39.7 Å². The van der Waals surface area contributed by atoms with Gasteiger partial charge in [0.1, 0.15) is 12.1 Å². The number of amidine groups is 1. The zero-order valence-electron chi connectivity index (χ0n) is 19.0. The molecule has 2 aliphatic rings. The van der Waals surface area contributed by atoms with Crippen molar-refractivity contribution >= 4 is 40.6 Å². The Labute approximate surface area is 192 Å². The van der Waals surface area contributed by atoms with Gasteiger partial charge in [-0.1, -0.05) is 25.6 Å². The van der Waals surface area contributed by atoms with Crippen molar-refractivity contribution in [3.8, 4) is 0 Å². The van der Waals surface area contributed by atoms with Crippen LogP contribution in [0.3, 0.4) is 0 Å². The van der Waals surface area contributed by atoms with Gasteiger partial charge in [-0.25, -0.2) is 10.2 Å². The number of ether oxygens (including phenoxy) is 2. The maximum atomic E-state index is 13.0. The molecule has 3 amide bonds. The van der Waals surface area contributed by atoms with Crippen LogP contribution in [0.4, 0.5) is 4.79 Å². The van der Waals surface area contributed by atoms with Crippen molar-refractivity contribution in [3.05, 3.63) is 0 Å². The first-order valence-electron chi connectivity index (χ1n) is 10.7. The number of alkyl carbamates (subject to hydrolysis) is 1. The van der Waals surface area contributed by atoms with Gasteiger partial charge in [-0.3, -0.25) is 14.4 Å². The SMILES string of the molecule is COC(=O)N[C@@H](CC(C)C)C(=O)NC(C(=O)C(=O)NN=C1SCCN1C)C1CCOCC1. The van der Waals surface area contributed by atoms with E-state index in [2.05, 4.69) is 25.9 Å². The second-order valence-electron chi connectivity index (χ2n) is 8.22. The van der Waals surface area contributed by atoms with Gasteiger partial charge in [0.2, 0.25) is 11.7 Å². The van der Waals surface area contributed by atoms with Crippen LogP contribution < -0.4 is 16.1 Å². The van der Waals surface area contributed by atoms with E-state index in [1.807, 2.05) is 25.8 Å². The molecule has 11 nitrogen and oxygen atoms in total. The van der Waals surface area contributed by atoms with Crippen molar-refractivity contribution in [1.29, 1.82) is 0 Å². The van der Waals surface area contributed by atoms with Gasteiger partial charge < -0.3 is 25.0 Å². The largest absolute Gasteiger partial charge is 0.453 e. The van der Waals surface area contributed by atoms with Crippen LogP contribution in [-0.2, 0) is 23.9 Å². The molecule has 32 heavy (non-hydrogen) atoms. The summed E-state index contributed by atoms with van der Waals surface area (Å²) in [4.78, 5) is 52.2. The fourth-order valence-electron chi connectivity index (χ4n) is 3.50. The molecule has 2 rings (SSSR count). The summed E-state index contributed by atoms with van der Waals surface area (Å²) < 4.78 is 9.97. The predicted octanol–water partition coefficient (Wildman–Crippen LogP) is 0.303. The molecular weight excluding hydrogens is 438 g/mol. The van der Waals surface area contributed by atoms with E-state index in [1.54, 1.807) is 0 Å². The highest BCUT2D eigenvalue weighted by Crippen LogP contribution is 2.20. The number of hydrogen-bond acceptors (Lipinski definition) is 8. The van der Waals surface area contributed by atoms with Gasteiger partial charge >= 0.3 is 12.0 Å². The van der Waals surface area contributed by atoms with Crippen molar-refractivity contribution in [2.45, 2.75) is 45.2 Å². The minimum absolute atomic E-state index is 0.0974. The zero-order valence-corrected chi connectivity index (χ0v) is 19.8. The Bertz CT molecular complexity index is 725. The summed E-state index contributed by atoms with van der Waals surface area (Å²) in [5.74, 6) is -1.53. The summed E-state index contributed by atoms with van der Waals surface area (Å²) in [5, 5.41) is 9.85. The van der Waals surface area contributed by atoms with Crippen molar-refractivity contribution in [1.82, 2.24) is 21.0 Å². The van der Waals surface area contributed by atoms with Crippen LogP contribution in [0, 0.1) is 11.8 Å². The van der Waals surface area contributed by atoms with E-state index in [0.717, 1.165) is 12.3 Å². The third-order valence-electron chi connectivity index (χ3n) is 5.28. The molecule has 3 N–H and O–H groups in total. The predicted molar refractivity (Wildman–Crippen MR) is 120 cm³/mol.